The Kier molecular flexibility index (Phi) is 10.8. The van der Waals surface area contributed by atoms with Crippen LogP contribution in [0.25, 0.3) is 0 Å². The summed E-state index contributed by atoms with van der Waals surface area (Å²) in [4.78, 5) is 22.5. The second kappa shape index (κ2) is 13.3. The van der Waals surface area contributed by atoms with Crippen molar-refractivity contribution in [3.05, 3.63) is 59.4 Å². The number of carbonyl (C=O) groups excluding carboxylic acids is 1. The number of anilines is 1. The molecule has 2 heterocycles. The fraction of sp³-hybridized carbons (Fsp3) is 0.273. The number of nitrogens with one attached hydrogen (secondary N) is 3. The van der Waals surface area contributed by atoms with Gasteiger partial charge in [0.1, 0.15) is 18.3 Å². The smallest absolute Gasteiger partial charge is 0.190 e. The summed E-state index contributed by atoms with van der Waals surface area (Å²) in [7, 11) is 1.50. The third-order valence-electron chi connectivity index (χ3n) is 4.17. The molecule has 32 heavy (non-hydrogen) atoms. The second-order valence-electron chi connectivity index (χ2n) is 6.81. The van der Waals surface area contributed by atoms with Gasteiger partial charge in [-0.2, -0.15) is 0 Å². The summed E-state index contributed by atoms with van der Waals surface area (Å²) in [5.41, 5.74) is 8.80. The summed E-state index contributed by atoms with van der Waals surface area (Å²) in [6, 6.07) is 7.23. The molecular weight excluding hydrogens is 408 g/mol. The molecule has 0 saturated heterocycles. The molecule has 0 aliphatic carbocycles. The zero-order valence-electron chi connectivity index (χ0n) is 18.8. The Bertz CT molecular complexity index is 978. The monoisotopic (exact) mass is 440 g/mol. The van der Waals surface area contributed by atoms with Crippen molar-refractivity contribution in [2.75, 3.05) is 19.0 Å². The van der Waals surface area contributed by atoms with Crippen molar-refractivity contribution in [2.45, 2.75) is 26.8 Å². The molecule has 0 aliphatic rings. The average molecular weight is 441 g/mol. The van der Waals surface area contributed by atoms with E-state index in [0.717, 1.165) is 11.9 Å². The fourth-order valence-electron chi connectivity index (χ4n) is 2.54. The maximum atomic E-state index is 8.32. The summed E-state index contributed by atoms with van der Waals surface area (Å²) >= 11 is 0. The lowest BCUT2D eigenvalue weighted by molar-refractivity contribution is -0.0979. The first-order valence-corrected chi connectivity index (χ1v) is 9.71. The molecule has 5 N–H and O–H groups in total. The molecule has 2 aromatic heterocycles. The number of methoxy groups -OCH3 is 1. The number of nitrogens with zero attached hydrogens (tertiary/aromatic N) is 4. The molecule has 0 unspecified atom stereocenters. The fourth-order valence-corrected chi connectivity index (χ4v) is 2.54. The van der Waals surface area contributed by atoms with Gasteiger partial charge < -0.3 is 25.5 Å². The molecule has 2 rings (SSSR count). The zero-order valence-corrected chi connectivity index (χ0v) is 18.8. The highest BCUT2D eigenvalue weighted by molar-refractivity contribution is 6.01. The summed E-state index contributed by atoms with van der Waals surface area (Å²) < 4.78 is 5.17. The minimum Gasteiger partial charge on any atom is -0.482 e. The normalized spacial score (nSPS) is 11.3. The van der Waals surface area contributed by atoms with E-state index in [9.17, 15) is 0 Å². The lowest BCUT2D eigenvalue weighted by Gasteiger charge is -2.23. The number of ether oxygens (including phenoxy) is 1. The number of rotatable bonds is 9. The van der Waals surface area contributed by atoms with Crippen LogP contribution < -0.4 is 11.1 Å². The molecule has 0 aromatic carbocycles. The van der Waals surface area contributed by atoms with E-state index in [1.807, 2.05) is 33.6 Å². The number of nitrogens with two attached hydrogens (primary N) is 1. The standard InChI is InChI=1S/C21H28N8O.CH2O.H2/c1-14(2)29(13-22)20(23)18-6-5-7-19(28-18)27-11-16(21(24)30-4)10-26-17-8-15(3)9-25-12-17;1-2;/h5-10,12-14,22-23H,11,24H2,1-4H3,(H,27,28);1H2;1H/b21-16-,22-13?,23-20?,26-10?;;. The molecule has 0 spiro atoms. The van der Waals surface area contributed by atoms with Gasteiger partial charge >= 0.3 is 0 Å². The maximum absolute atomic E-state index is 8.32. The van der Waals surface area contributed by atoms with Crippen LogP contribution in [0.15, 0.2) is 53.1 Å². The SMILES string of the molecule is C=O.CO/C(N)=C(/C=Nc1cncc(C)c1)CNc1cccc(C(=N)N(C=N)C(C)C)n1.[HH]. The largest absolute Gasteiger partial charge is 0.482 e. The van der Waals surface area contributed by atoms with Crippen LogP contribution in [-0.2, 0) is 9.53 Å². The molecule has 10 nitrogen and oxygen atoms in total. The van der Waals surface area contributed by atoms with Gasteiger partial charge in [-0.3, -0.25) is 20.8 Å². The van der Waals surface area contributed by atoms with Crippen LogP contribution in [0.2, 0.25) is 0 Å². The minimum absolute atomic E-state index is 0. The number of hydrogen-bond donors (Lipinski definition) is 4. The van der Waals surface area contributed by atoms with Crippen molar-refractivity contribution in [2.24, 2.45) is 10.7 Å². The van der Waals surface area contributed by atoms with Crippen LogP contribution in [0, 0.1) is 17.7 Å². The predicted molar refractivity (Wildman–Crippen MR) is 130 cm³/mol. The van der Waals surface area contributed by atoms with Crippen molar-refractivity contribution >= 4 is 36.7 Å². The van der Waals surface area contributed by atoms with E-state index >= 15 is 0 Å². The molecule has 0 fully saturated rings. The van der Waals surface area contributed by atoms with Crippen LogP contribution in [-0.4, -0.2) is 59.7 Å². The average Bonchev–Trinajstić information content (AvgIpc) is 2.80. The van der Waals surface area contributed by atoms with Crippen molar-refractivity contribution in [1.29, 1.82) is 10.8 Å². The van der Waals surface area contributed by atoms with Gasteiger partial charge in [0.2, 0.25) is 0 Å². The van der Waals surface area contributed by atoms with Gasteiger partial charge in [-0.05, 0) is 44.5 Å². The molecule has 2 aromatic rings. The number of aryl methyl sites for hydroxylation is 1. The van der Waals surface area contributed by atoms with Gasteiger partial charge in [-0.15, -0.1) is 0 Å². The first-order chi connectivity index (χ1) is 15.3. The Morgan fingerprint density at radius 1 is 1.41 bits per heavy atom. The number of amidine groups is 1. The molecule has 0 amide bonds. The van der Waals surface area contributed by atoms with Gasteiger partial charge in [0, 0.05) is 32.0 Å². The number of aliphatic imine (C=N–C) groups is 1. The van der Waals surface area contributed by atoms with Gasteiger partial charge in [-0.25, -0.2) is 4.98 Å². The topological polar surface area (TPSA) is 153 Å². The maximum Gasteiger partial charge on any atom is 0.190 e. The molecule has 0 bridgehead atoms. The van der Waals surface area contributed by atoms with Gasteiger partial charge in [0.15, 0.2) is 11.7 Å². The van der Waals surface area contributed by atoms with E-state index in [0.29, 0.717) is 29.3 Å². The van der Waals surface area contributed by atoms with Gasteiger partial charge in [0.05, 0.1) is 25.3 Å². The van der Waals surface area contributed by atoms with E-state index < -0.39 is 0 Å². The Labute approximate surface area is 189 Å². The minimum atomic E-state index is -0.0169. The predicted octanol–water partition coefficient (Wildman–Crippen LogP) is 3.12. The zero-order chi connectivity index (χ0) is 24.1. The number of pyridine rings is 2. The molecule has 0 saturated carbocycles. The molecule has 0 radical (unpaired) electrons. The van der Waals surface area contributed by atoms with E-state index in [2.05, 4.69) is 20.3 Å². The first-order valence-electron chi connectivity index (χ1n) is 9.71. The highest BCUT2D eigenvalue weighted by Gasteiger charge is 2.14. The van der Waals surface area contributed by atoms with Crippen molar-refractivity contribution < 1.29 is 11.0 Å². The van der Waals surface area contributed by atoms with E-state index in [1.165, 1.54) is 12.0 Å². The van der Waals surface area contributed by atoms with Crippen molar-refractivity contribution in [3.8, 4) is 0 Å². The molecule has 10 heteroatoms. The highest BCUT2D eigenvalue weighted by Crippen LogP contribution is 2.13. The van der Waals surface area contributed by atoms with Crippen LogP contribution in [0.1, 0.15) is 26.5 Å². The Balaban J connectivity index is 0.00000332. The molecule has 0 aliphatic heterocycles. The van der Waals surface area contributed by atoms with Crippen LogP contribution in [0.4, 0.5) is 11.5 Å². The Morgan fingerprint density at radius 3 is 2.72 bits per heavy atom. The summed E-state index contributed by atoms with van der Waals surface area (Å²) in [6.07, 6.45) is 6.18. The number of aromatic nitrogens is 2. The summed E-state index contributed by atoms with van der Waals surface area (Å²) in [5, 5.41) is 19.0. The quantitative estimate of drug-likeness (QED) is 0.265. The first kappa shape index (κ1) is 26.0. The Hall–Kier alpha value is -4.08. The van der Waals surface area contributed by atoms with Crippen LogP contribution >= 0.6 is 0 Å². The van der Waals surface area contributed by atoms with Gasteiger partial charge in [0.25, 0.3) is 0 Å². The van der Waals surface area contributed by atoms with E-state index in [4.69, 9.17) is 26.1 Å². The number of carbonyl (C=O) groups is 1. The lowest BCUT2D eigenvalue weighted by Crippen LogP contribution is -2.36. The molecule has 0 atom stereocenters. The van der Waals surface area contributed by atoms with Gasteiger partial charge in [-0.1, -0.05) is 6.07 Å². The van der Waals surface area contributed by atoms with E-state index in [1.54, 1.807) is 36.8 Å². The lowest BCUT2D eigenvalue weighted by atomic mass is 10.2. The second-order valence-corrected chi connectivity index (χ2v) is 6.81. The van der Waals surface area contributed by atoms with E-state index in [-0.39, 0.29) is 19.2 Å². The third-order valence-corrected chi connectivity index (χ3v) is 4.17. The van der Waals surface area contributed by atoms with Crippen LogP contribution in [0.3, 0.4) is 0 Å². The van der Waals surface area contributed by atoms with Crippen LogP contribution in [0.5, 0.6) is 0 Å². The molecule has 172 valence electrons. The van der Waals surface area contributed by atoms with Crippen molar-refractivity contribution in [1.82, 2.24) is 14.9 Å². The highest BCUT2D eigenvalue weighted by atomic mass is 16.5. The summed E-state index contributed by atoms with van der Waals surface area (Å²) in [5.74, 6) is 0.966. The number of hydrogen-bond acceptors (Lipinski definition) is 9. The summed E-state index contributed by atoms with van der Waals surface area (Å²) in [6.45, 7) is 8.10. The molecular formula is C22H32N8O2. The third kappa shape index (κ3) is 7.63. The van der Waals surface area contributed by atoms with Crippen molar-refractivity contribution in [3.63, 3.8) is 0 Å². The Morgan fingerprint density at radius 2 is 2.12 bits per heavy atom.